The Balaban J connectivity index is 1.46. The number of aromatic nitrogens is 3. The zero-order chi connectivity index (χ0) is 23.6. The number of aliphatic hydroxyl groups is 1. The third-order valence-electron chi connectivity index (χ3n) is 5.50. The zero-order valence-corrected chi connectivity index (χ0v) is 18.2. The second kappa shape index (κ2) is 9.55. The number of nitrogens with zero attached hydrogens (tertiary/aromatic N) is 4. The van der Waals surface area contributed by atoms with E-state index in [9.17, 15) is 23.1 Å². The van der Waals surface area contributed by atoms with Gasteiger partial charge in [-0.05, 0) is 25.0 Å². The largest absolute Gasteiger partial charge is 0.417 e. The van der Waals surface area contributed by atoms with Gasteiger partial charge in [-0.2, -0.15) is 13.2 Å². The smallest absolute Gasteiger partial charge is 0.385 e. The summed E-state index contributed by atoms with van der Waals surface area (Å²) in [7, 11) is 0. The van der Waals surface area contributed by atoms with E-state index in [1.54, 1.807) is 4.90 Å². The van der Waals surface area contributed by atoms with Gasteiger partial charge in [-0.15, -0.1) is 11.3 Å². The summed E-state index contributed by atoms with van der Waals surface area (Å²) in [5.41, 5.74) is 1.57. The lowest BCUT2D eigenvalue weighted by molar-refractivity contribution is -0.136. The third kappa shape index (κ3) is 5.21. The van der Waals surface area contributed by atoms with E-state index in [1.807, 2.05) is 5.43 Å². The van der Waals surface area contributed by atoms with Crippen molar-refractivity contribution >= 4 is 33.3 Å². The van der Waals surface area contributed by atoms with Crippen LogP contribution in [0.15, 0.2) is 30.7 Å². The maximum atomic E-state index is 13.7. The van der Waals surface area contributed by atoms with Crippen LogP contribution in [-0.2, 0) is 6.18 Å². The zero-order valence-electron chi connectivity index (χ0n) is 17.3. The number of fused-ring (bicyclic) bond motifs is 1. The fraction of sp³-hybridized carbons (Fsp3) is 0.400. The SMILES string of the molecule is NNC(=O)c1cc2c(C(F)(F)F)cc(N3CCC(NCC(O)c4cnccn4)CC3)nc2s1. The molecule has 0 spiro atoms. The minimum atomic E-state index is -4.59. The first kappa shape index (κ1) is 23.3. The van der Waals surface area contributed by atoms with Crippen molar-refractivity contribution in [3.05, 3.63) is 46.9 Å². The van der Waals surface area contributed by atoms with Gasteiger partial charge in [0.2, 0.25) is 0 Å². The summed E-state index contributed by atoms with van der Waals surface area (Å²) < 4.78 is 41.2. The van der Waals surface area contributed by atoms with Gasteiger partial charge in [0.05, 0.1) is 22.3 Å². The van der Waals surface area contributed by atoms with Gasteiger partial charge in [-0.3, -0.25) is 20.2 Å². The number of nitrogens with one attached hydrogen (secondary N) is 2. The average molecular weight is 482 g/mol. The third-order valence-corrected chi connectivity index (χ3v) is 6.52. The summed E-state index contributed by atoms with van der Waals surface area (Å²) >= 11 is 0.867. The maximum Gasteiger partial charge on any atom is 0.417 e. The maximum absolute atomic E-state index is 13.7. The first-order chi connectivity index (χ1) is 15.8. The Morgan fingerprint density at radius 3 is 2.70 bits per heavy atom. The van der Waals surface area contributed by atoms with Gasteiger partial charge in [0, 0.05) is 43.5 Å². The molecule has 0 radical (unpaired) electrons. The van der Waals surface area contributed by atoms with Crippen LogP contribution in [0.1, 0.15) is 39.9 Å². The molecule has 1 aliphatic rings. The molecule has 3 aromatic rings. The molecule has 0 bridgehead atoms. The van der Waals surface area contributed by atoms with Gasteiger partial charge in [0.1, 0.15) is 16.8 Å². The lowest BCUT2D eigenvalue weighted by Gasteiger charge is -2.34. The Morgan fingerprint density at radius 1 is 1.30 bits per heavy atom. The highest BCUT2D eigenvalue weighted by atomic mass is 32.1. The number of aliphatic hydroxyl groups excluding tert-OH is 1. The number of hydrazine groups is 1. The van der Waals surface area contributed by atoms with E-state index in [4.69, 9.17) is 5.84 Å². The van der Waals surface area contributed by atoms with Crippen LogP contribution in [0.3, 0.4) is 0 Å². The second-order valence-corrected chi connectivity index (χ2v) is 8.68. The fourth-order valence-electron chi connectivity index (χ4n) is 3.76. The molecule has 1 unspecified atom stereocenters. The topological polar surface area (TPSA) is 129 Å². The first-order valence-corrected chi connectivity index (χ1v) is 11.0. The molecule has 0 aliphatic carbocycles. The minimum absolute atomic E-state index is 0.0622. The molecule has 1 saturated heterocycles. The number of anilines is 1. The van der Waals surface area contributed by atoms with Gasteiger partial charge >= 0.3 is 6.18 Å². The molecule has 1 amide bonds. The second-order valence-electron chi connectivity index (χ2n) is 7.64. The molecule has 1 atom stereocenters. The molecular formula is C20H22F3N7O2S. The predicted molar refractivity (Wildman–Crippen MR) is 117 cm³/mol. The summed E-state index contributed by atoms with van der Waals surface area (Å²) in [6.07, 6.45) is 0.479. The molecule has 4 rings (SSSR count). The number of nitrogens with two attached hydrogens (primary N) is 1. The number of pyridine rings is 1. The number of piperidine rings is 1. The van der Waals surface area contributed by atoms with E-state index in [0.717, 1.165) is 17.4 Å². The molecule has 3 aromatic heterocycles. The van der Waals surface area contributed by atoms with Crippen LogP contribution in [0.5, 0.6) is 0 Å². The molecule has 4 heterocycles. The molecule has 1 fully saturated rings. The lowest BCUT2D eigenvalue weighted by atomic mass is 10.0. The van der Waals surface area contributed by atoms with Crippen molar-refractivity contribution in [3.63, 3.8) is 0 Å². The number of thiophene rings is 1. The Kier molecular flexibility index (Phi) is 6.74. The van der Waals surface area contributed by atoms with Crippen molar-refractivity contribution in [1.82, 2.24) is 25.7 Å². The van der Waals surface area contributed by atoms with Crippen molar-refractivity contribution in [2.24, 2.45) is 5.84 Å². The molecule has 176 valence electrons. The number of halogens is 3. The molecule has 1 aliphatic heterocycles. The molecule has 5 N–H and O–H groups in total. The van der Waals surface area contributed by atoms with Gasteiger partial charge in [-0.25, -0.2) is 10.8 Å². The van der Waals surface area contributed by atoms with E-state index in [-0.39, 0.29) is 27.0 Å². The minimum Gasteiger partial charge on any atom is -0.385 e. The number of nitrogen functional groups attached to an aromatic ring is 1. The van der Waals surface area contributed by atoms with Crippen LogP contribution in [0.2, 0.25) is 0 Å². The van der Waals surface area contributed by atoms with E-state index < -0.39 is 23.8 Å². The molecular weight excluding hydrogens is 459 g/mol. The number of hydrogen-bond donors (Lipinski definition) is 4. The highest BCUT2D eigenvalue weighted by Crippen LogP contribution is 2.39. The van der Waals surface area contributed by atoms with Crippen LogP contribution < -0.4 is 21.5 Å². The summed E-state index contributed by atoms with van der Waals surface area (Å²) in [6, 6.07) is 2.30. The number of carbonyl (C=O) groups excluding carboxylic acids is 1. The number of hydrogen-bond acceptors (Lipinski definition) is 9. The summed E-state index contributed by atoms with van der Waals surface area (Å²) in [6.45, 7) is 1.29. The highest BCUT2D eigenvalue weighted by molar-refractivity contribution is 7.20. The van der Waals surface area contributed by atoms with Crippen molar-refractivity contribution < 1.29 is 23.1 Å². The van der Waals surface area contributed by atoms with Gasteiger partial charge < -0.3 is 15.3 Å². The average Bonchev–Trinajstić information content (AvgIpc) is 3.26. The van der Waals surface area contributed by atoms with Crippen LogP contribution in [0.25, 0.3) is 10.2 Å². The van der Waals surface area contributed by atoms with Crippen molar-refractivity contribution in [2.75, 3.05) is 24.5 Å². The standard InChI is InChI=1S/C20H22F3N7O2S/c21-20(22,23)13-8-17(28-19-12(13)7-16(33-19)18(32)29-24)30-5-1-11(2-6-30)27-10-15(31)14-9-25-3-4-26-14/h3-4,7-9,11,15,27,31H,1-2,5-6,10,24H2,(H,29,32). The highest BCUT2D eigenvalue weighted by Gasteiger charge is 2.35. The molecule has 13 heteroatoms. The van der Waals surface area contributed by atoms with E-state index in [1.165, 1.54) is 24.7 Å². The summed E-state index contributed by atoms with van der Waals surface area (Å²) in [5.74, 6) is 4.67. The van der Waals surface area contributed by atoms with Crippen LogP contribution >= 0.6 is 11.3 Å². The predicted octanol–water partition coefficient (Wildman–Crippen LogP) is 2.00. The van der Waals surface area contributed by atoms with Gasteiger partial charge in [0.25, 0.3) is 5.91 Å². The molecule has 0 aromatic carbocycles. The summed E-state index contributed by atoms with van der Waals surface area (Å²) in [4.78, 5) is 26.2. The molecule has 33 heavy (non-hydrogen) atoms. The first-order valence-electron chi connectivity index (χ1n) is 10.2. The summed E-state index contributed by atoms with van der Waals surface area (Å²) in [5, 5.41) is 13.4. The molecule has 0 saturated carbocycles. The monoisotopic (exact) mass is 481 g/mol. The van der Waals surface area contributed by atoms with Crippen molar-refractivity contribution in [3.8, 4) is 0 Å². The van der Waals surface area contributed by atoms with Gasteiger partial charge in [-0.1, -0.05) is 0 Å². The Morgan fingerprint density at radius 2 is 2.06 bits per heavy atom. The number of amides is 1. The van der Waals surface area contributed by atoms with Gasteiger partial charge in [0.15, 0.2) is 0 Å². The van der Waals surface area contributed by atoms with Crippen LogP contribution in [0.4, 0.5) is 19.0 Å². The van der Waals surface area contributed by atoms with E-state index in [0.29, 0.717) is 38.2 Å². The number of alkyl halides is 3. The number of rotatable bonds is 6. The quantitative estimate of drug-likeness (QED) is 0.239. The number of carbonyl (C=O) groups is 1. The van der Waals surface area contributed by atoms with Crippen LogP contribution in [0, 0.1) is 0 Å². The Bertz CT molecular complexity index is 1120. The Labute approximate surface area is 190 Å². The van der Waals surface area contributed by atoms with E-state index >= 15 is 0 Å². The van der Waals surface area contributed by atoms with Crippen LogP contribution in [-0.4, -0.2) is 51.6 Å². The normalized spacial score (nSPS) is 16.2. The lowest BCUT2D eigenvalue weighted by Crippen LogP contribution is -2.44. The fourth-order valence-corrected chi connectivity index (χ4v) is 4.71. The molecule has 9 nitrogen and oxygen atoms in total. The van der Waals surface area contributed by atoms with E-state index in [2.05, 4.69) is 20.3 Å². The Hall–Kier alpha value is -2.87. The van der Waals surface area contributed by atoms with Crippen molar-refractivity contribution in [2.45, 2.75) is 31.2 Å². The van der Waals surface area contributed by atoms with Crippen molar-refractivity contribution in [1.29, 1.82) is 0 Å².